The Hall–Kier alpha value is -1.51. The molecule has 1 atom stereocenters. The average molecular weight is 367 g/mol. The van der Waals surface area contributed by atoms with E-state index in [1.807, 2.05) is 0 Å². The maximum Gasteiger partial charge on any atom is 0.408 e. The predicted molar refractivity (Wildman–Crippen MR) is 80.9 cm³/mol. The highest BCUT2D eigenvalue weighted by atomic mass is 35.5. The summed E-state index contributed by atoms with van der Waals surface area (Å²) in [4.78, 5) is 11.4. The van der Waals surface area contributed by atoms with E-state index < -0.39 is 23.6 Å². The van der Waals surface area contributed by atoms with Crippen LogP contribution in [0.1, 0.15) is 11.6 Å². The second kappa shape index (κ2) is 6.94. The quantitative estimate of drug-likeness (QED) is 0.654. The Balaban J connectivity index is 2.23. The Labute approximate surface area is 138 Å². The molecule has 0 amide bonds. The number of benzene rings is 1. The fourth-order valence-electron chi connectivity index (χ4n) is 1.80. The van der Waals surface area contributed by atoms with Crippen molar-refractivity contribution in [3.8, 4) is 0 Å². The van der Waals surface area contributed by atoms with Crippen LogP contribution in [0.25, 0.3) is 0 Å². The van der Waals surface area contributed by atoms with Gasteiger partial charge >= 0.3 is 6.18 Å². The van der Waals surface area contributed by atoms with Crippen LogP contribution in [0.15, 0.2) is 46.2 Å². The van der Waals surface area contributed by atoms with Gasteiger partial charge in [0, 0.05) is 23.2 Å². The summed E-state index contributed by atoms with van der Waals surface area (Å²) in [6, 6.07) is 4.15. The first kappa shape index (κ1) is 17.8. The first-order chi connectivity index (χ1) is 10.7. The minimum atomic E-state index is -4.56. The molecule has 0 spiro atoms. The molecule has 124 valence electrons. The summed E-state index contributed by atoms with van der Waals surface area (Å²) in [5.41, 5.74) is -0.876. The van der Waals surface area contributed by atoms with Gasteiger partial charge < -0.3 is 4.57 Å². The molecule has 0 bridgehead atoms. The lowest BCUT2D eigenvalue weighted by Crippen LogP contribution is -2.30. The van der Waals surface area contributed by atoms with Crippen molar-refractivity contribution >= 4 is 23.5 Å². The van der Waals surface area contributed by atoms with Crippen molar-refractivity contribution in [1.82, 2.24) is 9.29 Å². The second-order valence-electron chi connectivity index (χ2n) is 4.69. The van der Waals surface area contributed by atoms with E-state index in [4.69, 9.17) is 11.6 Å². The second-order valence-corrected chi connectivity index (χ2v) is 6.03. The number of rotatable bonds is 4. The van der Waals surface area contributed by atoms with Gasteiger partial charge in [0.05, 0.1) is 0 Å². The first-order valence-corrected chi connectivity index (χ1v) is 7.48. The van der Waals surface area contributed by atoms with E-state index in [-0.39, 0.29) is 10.5 Å². The normalized spacial score (nSPS) is 13.1. The average Bonchev–Trinajstić information content (AvgIpc) is 2.45. The maximum atomic E-state index is 13.4. The van der Waals surface area contributed by atoms with Gasteiger partial charge in [-0.3, -0.25) is 4.79 Å². The summed E-state index contributed by atoms with van der Waals surface area (Å²) in [5.74, 6) is -1.03. The molecule has 23 heavy (non-hydrogen) atoms. The smallest absolute Gasteiger partial charge is 0.315 e. The molecule has 0 radical (unpaired) electrons. The zero-order valence-electron chi connectivity index (χ0n) is 11.7. The molecule has 0 aliphatic carbocycles. The van der Waals surface area contributed by atoms with E-state index in [0.717, 1.165) is 10.6 Å². The molecule has 1 unspecified atom stereocenters. The van der Waals surface area contributed by atoms with Crippen molar-refractivity contribution < 1.29 is 17.6 Å². The van der Waals surface area contributed by atoms with Gasteiger partial charge in [-0.2, -0.15) is 13.2 Å². The van der Waals surface area contributed by atoms with Crippen molar-refractivity contribution in [2.24, 2.45) is 7.05 Å². The molecule has 0 saturated heterocycles. The van der Waals surface area contributed by atoms with Gasteiger partial charge in [-0.05, 0) is 35.7 Å². The highest BCUT2D eigenvalue weighted by molar-refractivity contribution is 7.97. The van der Waals surface area contributed by atoms with E-state index in [1.165, 1.54) is 37.5 Å². The molecule has 9 heteroatoms. The summed E-state index contributed by atoms with van der Waals surface area (Å²) < 4.78 is 56.2. The van der Waals surface area contributed by atoms with Gasteiger partial charge in [-0.15, -0.1) is 0 Å². The van der Waals surface area contributed by atoms with Crippen LogP contribution in [0.5, 0.6) is 0 Å². The van der Waals surface area contributed by atoms with Gasteiger partial charge in [-0.1, -0.05) is 23.7 Å². The fraction of sp³-hybridized carbons (Fsp3) is 0.214. The largest absolute Gasteiger partial charge is 0.408 e. The zero-order valence-corrected chi connectivity index (χ0v) is 13.3. The summed E-state index contributed by atoms with van der Waals surface area (Å²) in [6.45, 7) is 0. The molecule has 2 aromatic rings. The third-order valence-corrected chi connectivity index (χ3v) is 4.00. The molecule has 1 N–H and O–H groups in total. The van der Waals surface area contributed by atoms with Crippen LogP contribution in [0.2, 0.25) is 5.02 Å². The topological polar surface area (TPSA) is 34.0 Å². The van der Waals surface area contributed by atoms with Gasteiger partial charge in [-0.25, -0.2) is 9.11 Å². The van der Waals surface area contributed by atoms with Crippen LogP contribution >= 0.6 is 23.5 Å². The Kier molecular flexibility index (Phi) is 5.38. The maximum absolute atomic E-state index is 13.4. The highest BCUT2D eigenvalue weighted by Crippen LogP contribution is 2.35. The number of alkyl halides is 3. The first-order valence-electron chi connectivity index (χ1n) is 6.29. The molecule has 0 aliphatic heterocycles. The molecule has 3 nitrogen and oxygen atoms in total. The van der Waals surface area contributed by atoms with Crippen LogP contribution in [0.3, 0.4) is 0 Å². The Morgan fingerprint density at radius 2 is 1.87 bits per heavy atom. The molecule has 0 saturated carbocycles. The summed E-state index contributed by atoms with van der Waals surface area (Å²) in [5, 5.41) is 0.322. The number of nitrogens with zero attached hydrogens (tertiary/aromatic N) is 1. The molecular formula is C14H11ClF4N2OS. The van der Waals surface area contributed by atoms with Crippen LogP contribution in [-0.2, 0) is 7.05 Å². The van der Waals surface area contributed by atoms with Crippen molar-refractivity contribution in [2.75, 3.05) is 0 Å². The molecule has 1 heterocycles. The number of pyridine rings is 1. The van der Waals surface area contributed by atoms with Crippen molar-refractivity contribution in [3.63, 3.8) is 0 Å². The van der Waals surface area contributed by atoms with Crippen LogP contribution in [0.4, 0.5) is 17.6 Å². The molecule has 1 aromatic carbocycles. The third kappa shape index (κ3) is 4.49. The van der Waals surface area contributed by atoms with E-state index >= 15 is 0 Å². The number of nitrogens with one attached hydrogen (secondary N) is 1. The number of halogens is 5. The Bertz CT molecular complexity index is 720. The summed E-state index contributed by atoms with van der Waals surface area (Å²) in [7, 11) is 1.32. The molecule has 0 aliphatic rings. The standard InChI is InChI=1S/C14H11ClF4N2OS/c1-21-7-10(6-11(16)13(21)22)23-20-12(14(17,18)19)8-2-4-9(15)5-3-8/h2-7,12,20H,1H3. The molecule has 1 aromatic heterocycles. The monoisotopic (exact) mass is 366 g/mol. The lowest BCUT2D eigenvalue weighted by Gasteiger charge is -2.21. The molecule has 2 rings (SSSR count). The number of aryl methyl sites for hydroxylation is 1. The van der Waals surface area contributed by atoms with E-state index in [9.17, 15) is 22.4 Å². The van der Waals surface area contributed by atoms with E-state index in [1.54, 1.807) is 0 Å². The SMILES string of the molecule is Cn1cc(SNC(c2ccc(Cl)cc2)C(F)(F)F)cc(F)c1=O. The number of aromatic nitrogens is 1. The highest BCUT2D eigenvalue weighted by Gasteiger charge is 2.40. The number of hydrogen-bond acceptors (Lipinski definition) is 3. The van der Waals surface area contributed by atoms with Gasteiger partial charge in [0.2, 0.25) is 0 Å². The predicted octanol–water partition coefficient (Wildman–Crippen LogP) is 4.08. The number of hydrogen-bond donors (Lipinski definition) is 1. The summed E-state index contributed by atoms with van der Waals surface area (Å²) in [6.07, 6.45) is -3.31. The zero-order chi connectivity index (χ0) is 17.2. The molecular weight excluding hydrogens is 356 g/mol. The van der Waals surface area contributed by atoms with Gasteiger partial charge in [0.25, 0.3) is 5.56 Å². The summed E-state index contributed by atoms with van der Waals surface area (Å²) >= 11 is 6.26. The molecule has 0 fully saturated rings. The van der Waals surface area contributed by atoms with Crippen LogP contribution in [0, 0.1) is 5.82 Å². The minimum Gasteiger partial charge on any atom is -0.315 e. The van der Waals surface area contributed by atoms with Gasteiger partial charge in [0.15, 0.2) is 5.82 Å². The Morgan fingerprint density at radius 3 is 2.39 bits per heavy atom. The van der Waals surface area contributed by atoms with Gasteiger partial charge in [0.1, 0.15) is 6.04 Å². The van der Waals surface area contributed by atoms with Crippen molar-refractivity contribution in [1.29, 1.82) is 0 Å². The van der Waals surface area contributed by atoms with E-state index in [0.29, 0.717) is 17.0 Å². The third-order valence-electron chi connectivity index (χ3n) is 2.94. The lowest BCUT2D eigenvalue weighted by molar-refractivity contribution is -0.152. The van der Waals surface area contributed by atoms with Crippen molar-refractivity contribution in [2.45, 2.75) is 17.1 Å². The Morgan fingerprint density at radius 1 is 1.26 bits per heavy atom. The van der Waals surface area contributed by atoms with E-state index in [2.05, 4.69) is 4.72 Å². The minimum absolute atomic E-state index is 0.0281. The van der Waals surface area contributed by atoms with Crippen LogP contribution < -0.4 is 10.3 Å². The van der Waals surface area contributed by atoms with Crippen molar-refractivity contribution in [3.05, 3.63) is 63.3 Å². The van der Waals surface area contributed by atoms with Crippen LogP contribution in [-0.4, -0.2) is 10.7 Å². The lowest BCUT2D eigenvalue weighted by atomic mass is 10.1. The fourth-order valence-corrected chi connectivity index (χ4v) is 2.83.